The second-order valence-corrected chi connectivity index (χ2v) is 4.84. The Hall–Kier alpha value is -1.83. The molecule has 3 amide bonds. The van der Waals surface area contributed by atoms with E-state index in [0.717, 1.165) is 0 Å². The van der Waals surface area contributed by atoms with Gasteiger partial charge in [0.2, 0.25) is 5.91 Å². The molecule has 0 spiro atoms. The molecule has 0 aliphatic carbocycles. The van der Waals surface area contributed by atoms with Gasteiger partial charge in [-0.3, -0.25) is 4.79 Å². The van der Waals surface area contributed by atoms with Crippen LogP contribution in [0.25, 0.3) is 0 Å². The van der Waals surface area contributed by atoms with Crippen LogP contribution in [0.1, 0.15) is 27.2 Å². The highest BCUT2D eigenvalue weighted by Crippen LogP contribution is 2.05. The highest BCUT2D eigenvalue weighted by Gasteiger charge is 2.26. The zero-order valence-electron chi connectivity index (χ0n) is 11.3. The van der Waals surface area contributed by atoms with Crippen LogP contribution in [0.2, 0.25) is 0 Å². The lowest BCUT2D eigenvalue weighted by atomic mass is 10.1. The highest BCUT2D eigenvalue weighted by atomic mass is 16.4. The first-order valence-corrected chi connectivity index (χ1v) is 5.85. The average molecular weight is 275 g/mol. The molecule has 110 valence electrons. The summed E-state index contributed by atoms with van der Waals surface area (Å²) >= 11 is 0. The zero-order valence-corrected chi connectivity index (χ0v) is 11.3. The highest BCUT2D eigenvalue weighted by molar-refractivity contribution is 5.87. The smallest absolute Gasteiger partial charge is 0.326 e. The number of hydrogen-bond donors (Lipinski definition) is 4. The van der Waals surface area contributed by atoms with Gasteiger partial charge in [-0.2, -0.15) is 0 Å². The Balaban J connectivity index is 4.68. The maximum atomic E-state index is 11.8. The number of primary amides is 1. The summed E-state index contributed by atoms with van der Waals surface area (Å²) < 4.78 is 0. The van der Waals surface area contributed by atoms with E-state index in [-0.39, 0.29) is 6.54 Å². The number of rotatable bonds is 7. The van der Waals surface area contributed by atoms with E-state index in [1.54, 1.807) is 6.92 Å². The van der Waals surface area contributed by atoms with E-state index in [1.807, 2.05) is 0 Å². The fraction of sp³-hybridized carbons (Fsp3) is 0.727. The predicted molar refractivity (Wildman–Crippen MR) is 67.3 cm³/mol. The van der Waals surface area contributed by atoms with Crippen molar-refractivity contribution in [3.63, 3.8) is 0 Å². The molecule has 0 rings (SSSR count). The molecule has 0 aromatic rings. The van der Waals surface area contributed by atoms with Gasteiger partial charge in [0.05, 0.1) is 18.6 Å². The van der Waals surface area contributed by atoms with Gasteiger partial charge in [0.15, 0.2) is 0 Å². The number of carboxylic acids is 1. The first kappa shape index (κ1) is 17.2. The number of hydrogen-bond acceptors (Lipinski definition) is 4. The Bertz CT molecular complexity index is 351. The monoisotopic (exact) mass is 275 g/mol. The fourth-order valence-electron chi connectivity index (χ4n) is 1.44. The van der Waals surface area contributed by atoms with Crippen LogP contribution in [0, 0.1) is 0 Å². The third-order valence-electron chi connectivity index (χ3n) is 2.25. The maximum absolute atomic E-state index is 11.8. The Morgan fingerprint density at radius 2 is 1.89 bits per heavy atom. The van der Waals surface area contributed by atoms with Crippen LogP contribution in [0.3, 0.4) is 0 Å². The van der Waals surface area contributed by atoms with Crippen LogP contribution in [0.5, 0.6) is 0 Å². The number of nitrogens with two attached hydrogens (primary N) is 1. The van der Waals surface area contributed by atoms with Crippen molar-refractivity contribution in [3.8, 4) is 0 Å². The van der Waals surface area contributed by atoms with Crippen LogP contribution in [0.15, 0.2) is 0 Å². The average Bonchev–Trinajstić information content (AvgIpc) is 2.22. The molecule has 0 aromatic carbocycles. The first-order valence-electron chi connectivity index (χ1n) is 5.85. The molecule has 19 heavy (non-hydrogen) atoms. The molecule has 0 aliphatic rings. The van der Waals surface area contributed by atoms with E-state index in [4.69, 9.17) is 10.8 Å². The number of carbonyl (C=O) groups excluding carboxylic acids is 2. The lowest BCUT2D eigenvalue weighted by Gasteiger charge is -2.29. The number of carboxylic acid groups (broad SMARTS) is 1. The second-order valence-electron chi connectivity index (χ2n) is 4.84. The summed E-state index contributed by atoms with van der Waals surface area (Å²) in [6.07, 6.45) is -0.485. The molecule has 1 atom stereocenters. The van der Waals surface area contributed by atoms with Crippen molar-refractivity contribution >= 4 is 17.9 Å². The van der Waals surface area contributed by atoms with E-state index >= 15 is 0 Å². The molecule has 1 unspecified atom stereocenters. The zero-order chi connectivity index (χ0) is 15.2. The molecule has 0 fully saturated rings. The van der Waals surface area contributed by atoms with Crippen molar-refractivity contribution in [2.24, 2.45) is 5.73 Å². The predicted octanol–water partition coefficient (Wildman–Crippen LogP) is -0.883. The van der Waals surface area contributed by atoms with Crippen molar-refractivity contribution in [2.75, 3.05) is 13.1 Å². The van der Waals surface area contributed by atoms with E-state index in [0.29, 0.717) is 6.54 Å². The molecule has 0 radical (unpaired) electrons. The Morgan fingerprint density at radius 1 is 1.37 bits per heavy atom. The van der Waals surface area contributed by atoms with Gasteiger partial charge in [0.1, 0.15) is 6.04 Å². The maximum Gasteiger partial charge on any atom is 0.326 e. The summed E-state index contributed by atoms with van der Waals surface area (Å²) in [5.74, 6) is -2.16. The quantitative estimate of drug-likeness (QED) is 0.478. The third kappa shape index (κ3) is 7.24. The van der Waals surface area contributed by atoms with Gasteiger partial charge < -0.3 is 26.2 Å². The van der Waals surface area contributed by atoms with Crippen LogP contribution in [0.4, 0.5) is 4.79 Å². The van der Waals surface area contributed by atoms with Gasteiger partial charge in [-0.1, -0.05) is 0 Å². The summed E-state index contributed by atoms with van der Waals surface area (Å²) in [7, 11) is 0. The lowest BCUT2D eigenvalue weighted by molar-refractivity contribution is -0.141. The van der Waals surface area contributed by atoms with Crippen LogP contribution < -0.4 is 11.1 Å². The van der Waals surface area contributed by atoms with Crippen molar-refractivity contribution in [3.05, 3.63) is 0 Å². The van der Waals surface area contributed by atoms with Crippen LogP contribution in [-0.4, -0.2) is 57.8 Å². The molecule has 8 nitrogen and oxygen atoms in total. The Kier molecular flexibility index (Phi) is 6.26. The standard InChI is InChI=1S/C11H21N3O5/c1-4-14(6-11(2,3)19)10(18)13-7(9(16)17)5-8(12)15/h7,19H,4-6H2,1-3H3,(H2,12,15)(H,13,18)(H,16,17). The first-order chi connectivity index (χ1) is 8.56. The number of likely N-dealkylation sites (N-methyl/N-ethyl adjacent to an activating group) is 1. The Labute approximate surface area is 111 Å². The molecule has 0 heterocycles. The van der Waals surface area contributed by atoms with E-state index < -0.39 is 36.0 Å². The van der Waals surface area contributed by atoms with Crippen molar-refractivity contribution in [2.45, 2.75) is 38.8 Å². The molecule has 0 aromatic heterocycles. The van der Waals surface area contributed by atoms with E-state index in [1.165, 1.54) is 18.7 Å². The topological polar surface area (TPSA) is 133 Å². The number of aliphatic carboxylic acids is 1. The van der Waals surface area contributed by atoms with Crippen molar-refractivity contribution in [1.29, 1.82) is 0 Å². The molecular formula is C11H21N3O5. The van der Waals surface area contributed by atoms with E-state index in [2.05, 4.69) is 5.32 Å². The SMILES string of the molecule is CCN(CC(C)(C)O)C(=O)NC(CC(N)=O)C(=O)O. The minimum Gasteiger partial charge on any atom is -0.480 e. The summed E-state index contributed by atoms with van der Waals surface area (Å²) in [5, 5.41) is 20.7. The summed E-state index contributed by atoms with van der Waals surface area (Å²) in [6.45, 7) is 5.08. The van der Waals surface area contributed by atoms with E-state index in [9.17, 15) is 19.5 Å². The summed E-state index contributed by atoms with van der Waals surface area (Å²) in [5.41, 5.74) is 3.81. The number of aliphatic hydroxyl groups is 1. The second kappa shape index (κ2) is 6.93. The van der Waals surface area contributed by atoms with Gasteiger partial charge >= 0.3 is 12.0 Å². The van der Waals surface area contributed by atoms with Crippen molar-refractivity contribution in [1.82, 2.24) is 10.2 Å². The summed E-state index contributed by atoms with van der Waals surface area (Å²) in [4.78, 5) is 34.7. The van der Waals surface area contributed by atoms with Gasteiger partial charge in [-0.25, -0.2) is 9.59 Å². The van der Waals surface area contributed by atoms with Crippen molar-refractivity contribution < 1.29 is 24.6 Å². The van der Waals surface area contributed by atoms with Gasteiger partial charge in [-0.15, -0.1) is 0 Å². The molecule has 8 heteroatoms. The van der Waals surface area contributed by atoms with Gasteiger partial charge in [0.25, 0.3) is 0 Å². The van der Waals surface area contributed by atoms with Gasteiger partial charge in [-0.05, 0) is 20.8 Å². The summed E-state index contributed by atoms with van der Waals surface area (Å²) in [6, 6.07) is -2.04. The molecule has 0 bridgehead atoms. The number of carbonyl (C=O) groups is 3. The van der Waals surface area contributed by atoms with Crippen LogP contribution in [-0.2, 0) is 9.59 Å². The Morgan fingerprint density at radius 3 is 2.21 bits per heavy atom. The molecular weight excluding hydrogens is 254 g/mol. The largest absolute Gasteiger partial charge is 0.480 e. The number of nitrogens with zero attached hydrogens (tertiary/aromatic N) is 1. The lowest BCUT2D eigenvalue weighted by Crippen LogP contribution is -2.52. The molecule has 0 aliphatic heterocycles. The number of amides is 3. The third-order valence-corrected chi connectivity index (χ3v) is 2.25. The number of urea groups is 1. The molecule has 5 N–H and O–H groups in total. The van der Waals surface area contributed by atoms with Gasteiger partial charge in [0, 0.05) is 6.54 Å². The fourth-order valence-corrected chi connectivity index (χ4v) is 1.44. The molecule has 0 saturated heterocycles. The molecule has 0 saturated carbocycles. The normalized spacial score (nSPS) is 12.6. The van der Waals surface area contributed by atoms with Crippen LogP contribution >= 0.6 is 0 Å². The number of nitrogens with one attached hydrogen (secondary N) is 1. The minimum absolute atomic E-state index is 0.0399. The minimum atomic E-state index is -1.37.